The van der Waals surface area contributed by atoms with E-state index in [9.17, 15) is 0 Å². The maximum atomic E-state index is 8.69. The molecule has 0 aliphatic carbocycles. The largest absolute Gasteiger partial charge is 0.496 e. The Hall–Kier alpha value is -2.25. The zero-order valence-corrected chi connectivity index (χ0v) is 11.0. The number of methoxy groups -OCH3 is 1. The van der Waals surface area contributed by atoms with Gasteiger partial charge in [-0.2, -0.15) is 5.26 Å². The Kier molecular flexibility index (Phi) is 4.22. The van der Waals surface area contributed by atoms with Gasteiger partial charge in [-0.25, -0.2) is 0 Å². The van der Waals surface area contributed by atoms with E-state index in [1.807, 2.05) is 30.3 Å². The van der Waals surface area contributed by atoms with Crippen LogP contribution < -0.4 is 10.1 Å². The van der Waals surface area contributed by atoms with E-state index in [2.05, 4.69) is 12.2 Å². The number of furan rings is 1. The number of hydrogen-bond donors (Lipinski definition) is 1. The summed E-state index contributed by atoms with van der Waals surface area (Å²) in [7, 11) is 1.66. The average molecular weight is 256 g/mol. The van der Waals surface area contributed by atoms with Crippen molar-refractivity contribution in [1.82, 2.24) is 5.32 Å². The molecule has 0 saturated heterocycles. The Balaban J connectivity index is 2.01. The predicted octanol–water partition coefficient (Wildman–Crippen LogP) is 3.01. The van der Waals surface area contributed by atoms with Crippen molar-refractivity contribution in [2.24, 2.45) is 0 Å². The number of hydrogen-bond acceptors (Lipinski definition) is 4. The van der Waals surface area contributed by atoms with Gasteiger partial charge in [-0.05, 0) is 25.1 Å². The first-order valence-electron chi connectivity index (χ1n) is 6.09. The second-order valence-corrected chi connectivity index (χ2v) is 4.22. The number of para-hydroxylation sites is 1. The molecule has 0 aliphatic heterocycles. The van der Waals surface area contributed by atoms with E-state index >= 15 is 0 Å². The highest BCUT2D eigenvalue weighted by Crippen LogP contribution is 2.24. The third kappa shape index (κ3) is 3.15. The molecule has 0 aliphatic rings. The topological polar surface area (TPSA) is 58.2 Å². The van der Waals surface area contributed by atoms with E-state index in [1.54, 1.807) is 19.2 Å². The van der Waals surface area contributed by atoms with E-state index < -0.39 is 0 Å². The lowest BCUT2D eigenvalue weighted by Crippen LogP contribution is -2.18. The van der Waals surface area contributed by atoms with Crippen LogP contribution in [0.1, 0.15) is 30.0 Å². The van der Waals surface area contributed by atoms with Crippen LogP contribution in [0.4, 0.5) is 0 Å². The molecule has 0 unspecified atom stereocenters. The van der Waals surface area contributed by atoms with Crippen molar-refractivity contribution in [2.45, 2.75) is 19.5 Å². The summed E-state index contributed by atoms with van der Waals surface area (Å²) in [5.41, 5.74) is 1.09. The number of benzene rings is 1. The average Bonchev–Trinajstić information content (AvgIpc) is 2.92. The molecule has 2 aromatic rings. The lowest BCUT2D eigenvalue weighted by Gasteiger charge is -2.16. The molecule has 1 N–H and O–H groups in total. The zero-order chi connectivity index (χ0) is 13.7. The van der Waals surface area contributed by atoms with E-state index in [0.29, 0.717) is 12.3 Å². The van der Waals surface area contributed by atoms with E-state index in [0.717, 1.165) is 17.1 Å². The van der Waals surface area contributed by atoms with Gasteiger partial charge >= 0.3 is 0 Å². The first-order valence-corrected chi connectivity index (χ1v) is 6.09. The minimum Gasteiger partial charge on any atom is -0.496 e. The third-order valence-corrected chi connectivity index (χ3v) is 2.96. The van der Waals surface area contributed by atoms with Crippen molar-refractivity contribution in [3.63, 3.8) is 0 Å². The SMILES string of the molecule is COc1ccccc1[C@H](C)NCc1ccc(C#N)o1. The highest BCUT2D eigenvalue weighted by Gasteiger charge is 2.11. The van der Waals surface area contributed by atoms with Crippen LogP contribution in [-0.2, 0) is 6.54 Å². The predicted molar refractivity (Wildman–Crippen MR) is 71.7 cm³/mol. The molecule has 0 bridgehead atoms. The standard InChI is InChI=1S/C15H16N2O2/c1-11(14-5-3-4-6-15(14)18-2)17-10-13-8-7-12(9-16)19-13/h3-8,11,17H,10H2,1-2H3/t11-/m0/s1. The summed E-state index contributed by atoms with van der Waals surface area (Å²) in [4.78, 5) is 0. The summed E-state index contributed by atoms with van der Waals surface area (Å²) in [6.07, 6.45) is 0. The third-order valence-electron chi connectivity index (χ3n) is 2.96. The van der Waals surface area contributed by atoms with Gasteiger partial charge in [-0.1, -0.05) is 18.2 Å². The minimum absolute atomic E-state index is 0.131. The summed E-state index contributed by atoms with van der Waals surface area (Å²) < 4.78 is 10.7. The fourth-order valence-electron chi connectivity index (χ4n) is 1.92. The molecule has 98 valence electrons. The van der Waals surface area contributed by atoms with Crippen LogP contribution in [0.2, 0.25) is 0 Å². The summed E-state index contributed by atoms with van der Waals surface area (Å²) >= 11 is 0. The molecule has 0 radical (unpaired) electrons. The fourth-order valence-corrected chi connectivity index (χ4v) is 1.92. The highest BCUT2D eigenvalue weighted by atomic mass is 16.5. The van der Waals surface area contributed by atoms with Gasteiger partial charge in [0.2, 0.25) is 5.76 Å². The van der Waals surface area contributed by atoms with Gasteiger partial charge in [0.15, 0.2) is 0 Å². The van der Waals surface area contributed by atoms with Crippen molar-refractivity contribution in [3.05, 3.63) is 53.5 Å². The first kappa shape index (κ1) is 13.2. The number of nitrogens with zero attached hydrogens (tertiary/aromatic N) is 1. The lowest BCUT2D eigenvalue weighted by atomic mass is 10.1. The van der Waals surface area contributed by atoms with Crippen LogP contribution in [0, 0.1) is 11.3 Å². The molecule has 0 fully saturated rings. The molecule has 1 heterocycles. The maximum Gasteiger partial charge on any atom is 0.203 e. The molecular weight excluding hydrogens is 240 g/mol. The molecule has 2 rings (SSSR count). The molecule has 4 nitrogen and oxygen atoms in total. The van der Waals surface area contributed by atoms with Crippen LogP contribution in [0.25, 0.3) is 0 Å². The van der Waals surface area contributed by atoms with Crippen LogP contribution in [0.5, 0.6) is 5.75 Å². The molecule has 1 aromatic carbocycles. The molecule has 19 heavy (non-hydrogen) atoms. The van der Waals surface area contributed by atoms with Crippen LogP contribution in [0.3, 0.4) is 0 Å². The number of ether oxygens (including phenoxy) is 1. The second kappa shape index (κ2) is 6.07. The van der Waals surface area contributed by atoms with Gasteiger partial charge in [-0.3, -0.25) is 0 Å². The minimum atomic E-state index is 0.131. The molecule has 1 aromatic heterocycles. The number of rotatable bonds is 5. The molecule has 1 atom stereocenters. The summed E-state index contributed by atoms with van der Waals surface area (Å²) in [5.74, 6) is 1.94. The van der Waals surface area contributed by atoms with E-state index in [4.69, 9.17) is 14.4 Å². The van der Waals surface area contributed by atoms with E-state index in [1.165, 1.54) is 0 Å². The number of nitrogens with one attached hydrogen (secondary N) is 1. The first-order chi connectivity index (χ1) is 9.24. The summed E-state index contributed by atoms with van der Waals surface area (Å²) in [5, 5.41) is 12.0. The van der Waals surface area contributed by atoms with Gasteiger partial charge in [0.05, 0.1) is 13.7 Å². The summed E-state index contributed by atoms with van der Waals surface area (Å²) in [6.45, 7) is 2.63. The molecule has 0 saturated carbocycles. The normalized spacial score (nSPS) is 11.8. The Morgan fingerprint density at radius 3 is 2.79 bits per heavy atom. The zero-order valence-electron chi connectivity index (χ0n) is 11.0. The molecule has 0 spiro atoms. The monoisotopic (exact) mass is 256 g/mol. The molecular formula is C15H16N2O2. The highest BCUT2D eigenvalue weighted by molar-refractivity contribution is 5.35. The summed E-state index contributed by atoms with van der Waals surface area (Å²) in [6, 6.07) is 13.5. The molecule has 0 amide bonds. The van der Waals surface area contributed by atoms with Crippen molar-refractivity contribution in [3.8, 4) is 11.8 Å². The maximum absolute atomic E-state index is 8.69. The van der Waals surface area contributed by atoms with E-state index in [-0.39, 0.29) is 6.04 Å². The fraction of sp³-hybridized carbons (Fsp3) is 0.267. The van der Waals surface area contributed by atoms with Crippen LogP contribution in [0.15, 0.2) is 40.8 Å². The van der Waals surface area contributed by atoms with Gasteiger partial charge < -0.3 is 14.5 Å². The second-order valence-electron chi connectivity index (χ2n) is 4.22. The smallest absolute Gasteiger partial charge is 0.203 e. The van der Waals surface area contributed by atoms with Crippen molar-refractivity contribution in [1.29, 1.82) is 5.26 Å². The lowest BCUT2D eigenvalue weighted by molar-refractivity contribution is 0.397. The van der Waals surface area contributed by atoms with Crippen molar-refractivity contribution >= 4 is 0 Å². The Morgan fingerprint density at radius 1 is 1.32 bits per heavy atom. The molecule has 4 heteroatoms. The van der Waals surface area contributed by atoms with Gasteiger partial charge in [-0.15, -0.1) is 0 Å². The Labute approximate surface area is 112 Å². The Morgan fingerprint density at radius 2 is 2.11 bits per heavy atom. The van der Waals surface area contributed by atoms with Gasteiger partial charge in [0.1, 0.15) is 17.6 Å². The quantitative estimate of drug-likeness (QED) is 0.893. The van der Waals surface area contributed by atoms with Crippen LogP contribution >= 0.6 is 0 Å². The van der Waals surface area contributed by atoms with Crippen LogP contribution in [-0.4, -0.2) is 7.11 Å². The van der Waals surface area contributed by atoms with Gasteiger partial charge in [0, 0.05) is 11.6 Å². The number of nitriles is 1. The van der Waals surface area contributed by atoms with Crippen molar-refractivity contribution in [2.75, 3.05) is 7.11 Å². The van der Waals surface area contributed by atoms with Crippen molar-refractivity contribution < 1.29 is 9.15 Å². The Bertz CT molecular complexity index is 584. The van der Waals surface area contributed by atoms with Gasteiger partial charge in [0.25, 0.3) is 0 Å².